The number of carbonyl (C=O) groups excluding carboxylic acids is 2. The molecular weight excluding hydrogens is 322 g/mol. The summed E-state index contributed by atoms with van der Waals surface area (Å²) in [6.45, 7) is 2.73. The maximum atomic E-state index is 11.9. The van der Waals surface area contributed by atoms with Crippen LogP contribution in [0.3, 0.4) is 0 Å². The van der Waals surface area contributed by atoms with Crippen LogP contribution < -0.4 is 4.74 Å². The standard InChI is InChI=1S/C15H15NO8/c1-15(2)23-13(18)12(14(19)24-15)11(17)7-8-6-9(22-3)4-5-10(8)16(20)21/h4-6,17H,7H2,1-3H3. The van der Waals surface area contributed by atoms with Gasteiger partial charge in [0.2, 0.25) is 0 Å². The van der Waals surface area contributed by atoms with Crippen molar-refractivity contribution in [2.75, 3.05) is 7.11 Å². The van der Waals surface area contributed by atoms with Gasteiger partial charge in [0, 0.05) is 31.9 Å². The number of carbonyl (C=O) groups is 2. The number of benzene rings is 1. The van der Waals surface area contributed by atoms with Crippen molar-refractivity contribution in [3.8, 4) is 5.75 Å². The molecule has 0 aliphatic carbocycles. The zero-order valence-electron chi connectivity index (χ0n) is 13.2. The number of hydrogen-bond donors (Lipinski definition) is 1. The number of nitro benzene ring substituents is 1. The van der Waals surface area contributed by atoms with Crippen LogP contribution in [-0.4, -0.2) is 34.9 Å². The highest BCUT2D eigenvalue weighted by molar-refractivity contribution is 6.15. The molecule has 1 aliphatic rings. The van der Waals surface area contributed by atoms with Gasteiger partial charge in [-0.15, -0.1) is 0 Å². The van der Waals surface area contributed by atoms with Crippen LogP contribution in [0.5, 0.6) is 5.75 Å². The Morgan fingerprint density at radius 3 is 2.38 bits per heavy atom. The van der Waals surface area contributed by atoms with Crippen LogP contribution in [-0.2, 0) is 25.5 Å². The average molecular weight is 337 g/mol. The molecule has 0 atom stereocenters. The number of esters is 2. The molecule has 0 saturated carbocycles. The molecule has 1 fully saturated rings. The minimum Gasteiger partial charge on any atom is -0.511 e. The van der Waals surface area contributed by atoms with Gasteiger partial charge in [-0.3, -0.25) is 10.1 Å². The molecule has 24 heavy (non-hydrogen) atoms. The van der Waals surface area contributed by atoms with Gasteiger partial charge in [-0.05, 0) is 12.1 Å². The quantitative estimate of drug-likeness (QED) is 0.220. The number of aliphatic hydroxyl groups is 1. The Kier molecular flexibility index (Phi) is 4.45. The van der Waals surface area contributed by atoms with Gasteiger partial charge in [0.05, 0.1) is 12.0 Å². The first-order chi connectivity index (χ1) is 11.1. The largest absolute Gasteiger partial charge is 0.511 e. The van der Waals surface area contributed by atoms with Gasteiger partial charge < -0.3 is 19.3 Å². The Labute approximate surface area is 136 Å². The van der Waals surface area contributed by atoms with Gasteiger partial charge in [0.1, 0.15) is 11.5 Å². The van der Waals surface area contributed by atoms with Crippen LogP contribution in [0, 0.1) is 10.1 Å². The zero-order chi connectivity index (χ0) is 18.1. The van der Waals surface area contributed by atoms with E-state index in [1.165, 1.54) is 39.2 Å². The number of nitrogens with zero attached hydrogens (tertiary/aromatic N) is 1. The molecule has 1 aromatic carbocycles. The summed E-state index contributed by atoms with van der Waals surface area (Å²) in [6.07, 6.45) is -0.437. The van der Waals surface area contributed by atoms with Crippen molar-refractivity contribution >= 4 is 17.6 Å². The lowest BCUT2D eigenvalue weighted by Gasteiger charge is -2.30. The second-order valence-corrected chi connectivity index (χ2v) is 5.43. The first-order valence-electron chi connectivity index (χ1n) is 6.84. The van der Waals surface area contributed by atoms with Gasteiger partial charge in [-0.2, -0.15) is 0 Å². The minimum atomic E-state index is -1.44. The highest BCUT2D eigenvalue weighted by Gasteiger charge is 2.41. The van der Waals surface area contributed by atoms with Crippen molar-refractivity contribution < 1.29 is 33.8 Å². The number of methoxy groups -OCH3 is 1. The summed E-state index contributed by atoms with van der Waals surface area (Å²) in [5.41, 5.74) is -0.915. The zero-order valence-corrected chi connectivity index (χ0v) is 13.2. The number of cyclic esters (lactones) is 2. The van der Waals surface area contributed by atoms with Crippen LogP contribution in [0.25, 0.3) is 0 Å². The average Bonchev–Trinajstić information content (AvgIpc) is 2.44. The van der Waals surface area contributed by atoms with E-state index in [0.29, 0.717) is 5.75 Å². The normalized spacial score (nSPS) is 16.2. The van der Waals surface area contributed by atoms with Crippen LogP contribution >= 0.6 is 0 Å². The van der Waals surface area contributed by atoms with Crippen molar-refractivity contribution in [1.29, 1.82) is 0 Å². The van der Waals surface area contributed by atoms with Crippen LogP contribution in [0.1, 0.15) is 19.4 Å². The summed E-state index contributed by atoms with van der Waals surface area (Å²) in [5, 5.41) is 21.2. The fraction of sp³-hybridized carbons (Fsp3) is 0.333. The van der Waals surface area contributed by atoms with Crippen molar-refractivity contribution in [2.24, 2.45) is 0 Å². The van der Waals surface area contributed by atoms with Gasteiger partial charge >= 0.3 is 11.9 Å². The SMILES string of the molecule is COc1ccc([N+](=O)[O-])c(CC(O)=C2C(=O)OC(C)(C)OC2=O)c1. The third kappa shape index (κ3) is 3.45. The van der Waals surface area contributed by atoms with Crippen molar-refractivity contribution in [1.82, 2.24) is 0 Å². The Morgan fingerprint density at radius 1 is 1.29 bits per heavy atom. The molecule has 0 spiro atoms. The first-order valence-corrected chi connectivity index (χ1v) is 6.84. The summed E-state index contributed by atoms with van der Waals surface area (Å²) in [4.78, 5) is 34.2. The van der Waals surface area contributed by atoms with Crippen LogP contribution in [0.2, 0.25) is 0 Å². The summed E-state index contributed by atoms with van der Waals surface area (Å²) < 4.78 is 14.7. The first kappa shape index (κ1) is 17.3. The van der Waals surface area contributed by atoms with E-state index in [-0.39, 0.29) is 11.3 Å². The Balaban J connectivity index is 2.41. The predicted octanol–water partition coefficient (Wildman–Crippen LogP) is 1.79. The van der Waals surface area contributed by atoms with E-state index in [9.17, 15) is 24.8 Å². The summed E-state index contributed by atoms with van der Waals surface area (Å²) in [6, 6.07) is 3.92. The Morgan fingerprint density at radius 2 is 1.88 bits per heavy atom. The highest BCUT2D eigenvalue weighted by Crippen LogP contribution is 2.29. The monoisotopic (exact) mass is 337 g/mol. The Hall–Kier alpha value is -3.10. The Bertz CT molecular complexity index is 728. The summed E-state index contributed by atoms with van der Waals surface area (Å²) in [5.74, 6) is -3.92. The molecule has 0 aromatic heterocycles. The lowest BCUT2D eigenvalue weighted by molar-refractivity contribution is -0.385. The predicted molar refractivity (Wildman–Crippen MR) is 79.3 cm³/mol. The minimum absolute atomic E-state index is 0.0646. The number of hydrogen-bond acceptors (Lipinski definition) is 8. The fourth-order valence-electron chi connectivity index (χ4n) is 2.17. The van der Waals surface area contributed by atoms with E-state index in [4.69, 9.17) is 14.2 Å². The van der Waals surface area contributed by atoms with E-state index in [1.54, 1.807) is 0 Å². The second-order valence-electron chi connectivity index (χ2n) is 5.43. The van der Waals surface area contributed by atoms with Crippen molar-refractivity contribution in [3.63, 3.8) is 0 Å². The van der Waals surface area contributed by atoms with E-state index >= 15 is 0 Å². The molecular formula is C15H15NO8. The van der Waals surface area contributed by atoms with E-state index < -0.39 is 40.4 Å². The molecule has 1 N–H and O–H groups in total. The molecule has 9 nitrogen and oxygen atoms in total. The summed E-state index contributed by atoms with van der Waals surface area (Å²) >= 11 is 0. The van der Waals surface area contributed by atoms with E-state index in [2.05, 4.69) is 0 Å². The maximum absolute atomic E-state index is 11.9. The van der Waals surface area contributed by atoms with Crippen molar-refractivity contribution in [3.05, 3.63) is 45.2 Å². The van der Waals surface area contributed by atoms with E-state index in [0.717, 1.165) is 0 Å². The van der Waals surface area contributed by atoms with Gasteiger partial charge in [0.15, 0.2) is 5.57 Å². The van der Waals surface area contributed by atoms with E-state index in [1.807, 2.05) is 0 Å². The third-order valence-corrected chi connectivity index (χ3v) is 3.22. The molecule has 0 unspecified atom stereocenters. The van der Waals surface area contributed by atoms with Crippen LogP contribution in [0.4, 0.5) is 5.69 Å². The molecule has 2 rings (SSSR count). The van der Waals surface area contributed by atoms with Gasteiger partial charge in [-0.25, -0.2) is 9.59 Å². The number of allylic oxidation sites excluding steroid dienone is 1. The molecule has 9 heteroatoms. The number of rotatable bonds is 4. The molecule has 0 bridgehead atoms. The molecule has 0 radical (unpaired) electrons. The van der Waals surface area contributed by atoms with Crippen molar-refractivity contribution in [2.45, 2.75) is 26.1 Å². The smallest absolute Gasteiger partial charge is 0.352 e. The number of aliphatic hydroxyl groups excluding tert-OH is 1. The molecule has 1 aliphatic heterocycles. The lowest BCUT2D eigenvalue weighted by atomic mass is 10.0. The van der Waals surface area contributed by atoms with Gasteiger partial charge in [-0.1, -0.05) is 0 Å². The topological polar surface area (TPSA) is 125 Å². The molecule has 0 amide bonds. The molecule has 1 heterocycles. The third-order valence-electron chi connectivity index (χ3n) is 3.22. The molecule has 1 aromatic rings. The fourth-order valence-corrected chi connectivity index (χ4v) is 2.17. The lowest BCUT2D eigenvalue weighted by Crippen LogP contribution is -2.42. The second kappa shape index (κ2) is 6.19. The highest BCUT2D eigenvalue weighted by atomic mass is 16.7. The maximum Gasteiger partial charge on any atom is 0.352 e. The molecule has 1 saturated heterocycles. The number of ether oxygens (including phenoxy) is 3. The van der Waals surface area contributed by atoms with Gasteiger partial charge in [0.25, 0.3) is 11.5 Å². The van der Waals surface area contributed by atoms with Crippen LogP contribution in [0.15, 0.2) is 29.5 Å². The molecule has 128 valence electrons. The number of nitro groups is 1. The summed E-state index contributed by atoms with van der Waals surface area (Å²) in [7, 11) is 1.38.